The van der Waals surface area contributed by atoms with Gasteiger partial charge >= 0.3 is 0 Å². The van der Waals surface area contributed by atoms with Gasteiger partial charge in [0.05, 0.1) is 11.3 Å². The van der Waals surface area contributed by atoms with Crippen LogP contribution in [0.5, 0.6) is 0 Å². The van der Waals surface area contributed by atoms with Crippen LogP contribution < -0.4 is 5.32 Å². The third-order valence-electron chi connectivity index (χ3n) is 3.87. The molecule has 3 rings (SSSR count). The number of amides is 1. The summed E-state index contributed by atoms with van der Waals surface area (Å²) in [5, 5.41) is 13.0. The van der Waals surface area contributed by atoms with Gasteiger partial charge in [-0.3, -0.25) is 4.79 Å². The SMILES string of the molecule is Cc1c(C(=O)Nc2ccccc2C#N)n(C)c2ccccc12. The van der Waals surface area contributed by atoms with Crippen molar-refractivity contribution in [2.24, 2.45) is 7.05 Å². The van der Waals surface area contributed by atoms with Crippen molar-refractivity contribution in [1.82, 2.24) is 4.57 Å². The van der Waals surface area contributed by atoms with Crippen LogP contribution in [0, 0.1) is 18.3 Å². The molecule has 0 saturated heterocycles. The summed E-state index contributed by atoms with van der Waals surface area (Å²) in [5.74, 6) is -0.209. The number of carbonyl (C=O) groups is 1. The van der Waals surface area contributed by atoms with E-state index in [1.54, 1.807) is 24.3 Å². The molecular weight excluding hydrogens is 274 g/mol. The van der Waals surface area contributed by atoms with Crippen molar-refractivity contribution in [3.05, 3.63) is 65.4 Å². The minimum absolute atomic E-state index is 0.209. The lowest BCUT2D eigenvalue weighted by Gasteiger charge is -2.09. The maximum atomic E-state index is 12.7. The molecular formula is C18H15N3O. The minimum atomic E-state index is -0.209. The highest BCUT2D eigenvalue weighted by Gasteiger charge is 2.18. The standard InChI is InChI=1S/C18H15N3O/c1-12-14-8-4-6-10-16(14)21(2)17(12)18(22)20-15-9-5-3-7-13(15)11-19/h3-10H,1-2H3,(H,20,22). The Morgan fingerprint density at radius 1 is 1.14 bits per heavy atom. The van der Waals surface area contributed by atoms with Crippen molar-refractivity contribution in [2.45, 2.75) is 6.92 Å². The van der Waals surface area contributed by atoms with Crippen LogP contribution in [-0.2, 0) is 7.05 Å². The fourth-order valence-electron chi connectivity index (χ4n) is 2.78. The number of para-hydroxylation sites is 2. The van der Waals surface area contributed by atoms with Crippen molar-refractivity contribution in [2.75, 3.05) is 5.32 Å². The molecule has 0 aliphatic rings. The molecule has 0 aliphatic carbocycles. The van der Waals surface area contributed by atoms with Gasteiger partial charge in [0, 0.05) is 18.0 Å². The topological polar surface area (TPSA) is 57.8 Å². The summed E-state index contributed by atoms with van der Waals surface area (Å²) in [4.78, 5) is 12.7. The molecule has 0 bridgehead atoms. The maximum Gasteiger partial charge on any atom is 0.272 e. The molecule has 0 radical (unpaired) electrons. The molecule has 4 heteroatoms. The molecule has 4 nitrogen and oxygen atoms in total. The zero-order valence-electron chi connectivity index (χ0n) is 12.4. The van der Waals surface area contributed by atoms with E-state index in [4.69, 9.17) is 5.26 Å². The Labute approximate surface area is 128 Å². The summed E-state index contributed by atoms with van der Waals surface area (Å²) in [6, 6.07) is 17.0. The molecule has 1 N–H and O–H groups in total. The van der Waals surface area contributed by atoms with Gasteiger partial charge in [0.1, 0.15) is 11.8 Å². The number of hydrogen-bond acceptors (Lipinski definition) is 2. The third-order valence-corrected chi connectivity index (χ3v) is 3.87. The third kappa shape index (κ3) is 2.13. The summed E-state index contributed by atoms with van der Waals surface area (Å²) < 4.78 is 1.88. The van der Waals surface area contributed by atoms with Gasteiger partial charge in [-0.15, -0.1) is 0 Å². The van der Waals surface area contributed by atoms with Crippen LogP contribution in [0.2, 0.25) is 0 Å². The fourth-order valence-corrected chi connectivity index (χ4v) is 2.78. The van der Waals surface area contributed by atoms with E-state index in [-0.39, 0.29) is 5.91 Å². The van der Waals surface area contributed by atoms with Gasteiger partial charge in [0.15, 0.2) is 0 Å². The number of aryl methyl sites for hydroxylation is 2. The van der Waals surface area contributed by atoms with Crippen LogP contribution in [0.25, 0.3) is 10.9 Å². The van der Waals surface area contributed by atoms with E-state index in [2.05, 4.69) is 11.4 Å². The number of fused-ring (bicyclic) bond motifs is 1. The van der Waals surface area contributed by atoms with Gasteiger partial charge < -0.3 is 9.88 Å². The first kappa shape index (κ1) is 13.9. The summed E-state index contributed by atoms with van der Waals surface area (Å²) in [6.07, 6.45) is 0. The number of aromatic nitrogens is 1. The summed E-state index contributed by atoms with van der Waals surface area (Å²) >= 11 is 0. The molecule has 0 atom stereocenters. The van der Waals surface area contributed by atoms with Gasteiger partial charge in [0.2, 0.25) is 0 Å². The molecule has 0 saturated carbocycles. The highest BCUT2D eigenvalue weighted by atomic mass is 16.2. The Kier molecular flexibility index (Phi) is 3.40. The second-order valence-electron chi connectivity index (χ2n) is 5.16. The van der Waals surface area contributed by atoms with Crippen LogP contribution >= 0.6 is 0 Å². The van der Waals surface area contributed by atoms with E-state index in [0.717, 1.165) is 16.5 Å². The van der Waals surface area contributed by atoms with Gasteiger partial charge in [-0.1, -0.05) is 30.3 Å². The average Bonchev–Trinajstić information content (AvgIpc) is 2.80. The van der Waals surface area contributed by atoms with Gasteiger partial charge in [0.25, 0.3) is 5.91 Å². The highest BCUT2D eigenvalue weighted by Crippen LogP contribution is 2.25. The lowest BCUT2D eigenvalue weighted by Crippen LogP contribution is -2.17. The van der Waals surface area contributed by atoms with Crippen molar-refractivity contribution < 1.29 is 4.79 Å². The molecule has 1 heterocycles. The Morgan fingerprint density at radius 3 is 2.55 bits per heavy atom. The van der Waals surface area contributed by atoms with E-state index in [1.807, 2.05) is 42.8 Å². The smallest absolute Gasteiger partial charge is 0.272 e. The highest BCUT2D eigenvalue weighted by molar-refractivity contribution is 6.08. The molecule has 1 amide bonds. The van der Waals surface area contributed by atoms with E-state index in [9.17, 15) is 4.79 Å². The average molecular weight is 289 g/mol. The van der Waals surface area contributed by atoms with Crippen molar-refractivity contribution >= 4 is 22.5 Å². The van der Waals surface area contributed by atoms with E-state index >= 15 is 0 Å². The number of anilines is 1. The molecule has 0 unspecified atom stereocenters. The molecule has 2 aromatic carbocycles. The van der Waals surface area contributed by atoms with Gasteiger partial charge in [-0.25, -0.2) is 0 Å². The van der Waals surface area contributed by atoms with Crippen molar-refractivity contribution in [1.29, 1.82) is 5.26 Å². The number of benzene rings is 2. The van der Waals surface area contributed by atoms with Crippen molar-refractivity contribution in [3.8, 4) is 6.07 Å². The second kappa shape index (κ2) is 5.38. The van der Waals surface area contributed by atoms with E-state index < -0.39 is 0 Å². The molecule has 0 fully saturated rings. The Morgan fingerprint density at radius 2 is 1.82 bits per heavy atom. The van der Waals surface area contributed by atoms with Crippen LogP contribution in [0.4, 0.5) is 5.69 Å². The van der Waals surface area contributed by atoms with Crippen LogP contribution in [0.1, 0.15) is 21.6 Å². The predicted octanol–water partition coefficient (Wildman–Crippen LogP) is 3.61. The summed E-state index contributed by atoms with van der Waals surface area (Å²) in [6.45, 7) is 1.94. The second-order valence-corrected chi connectivity index (χ2v) is 5.16. The summed E-state index contributed by atoms with van der Waals surface area (Å²) in [5.41, 5.74) is 3.53. The molecule has 22 heavy (non-hydrogen) atoms. The lowest BCUT2D eigenvalue weighted by molar-refractivity contribution is 0.101. The first-order chi connectivity index (χ1) is 10.6. The molecule has 3 aromatic rings. The number of nitriles is 1. The number of nitrogens with zero attached hydrogens (tertiary/aromatic N) is 2. The Hall–Kier alpha value is -3.06. The van der Waals surface area contributed by atoms with E-state index in [0.29, 0.717) is 16.9 Å². The first-order valence-corrected chi connectivity index (χ1v) is 6.98. The Bertz CT molecular complexity index is 877. The largest absolute Gasteiger partial charge is 0.339 e. The van der Waals surface area contributed by atoms with E-state index in [1.165, 1.54) is 0 Å². The molecule has 1 aromatic heterocycles. The van der Waals surface area contributed by atoms with Crippen LogP contribution in [0.15, 0.2) is 48.5 Å². The molecule has 0 spiro atoms. The maximum absolute atomic E-state index is 12.7. The number of rotatable bonds is 2. The first-order valence-electron chi connectivity index (χ1n) is 6.98. The number of hydrogen-bond donors (Lipinski definition) is 1. The minimum Gasteiger partial charge on any atom is -0.339 e. The Balaban J connectivity index is 2.05. The van der Waals surface area contributed by atoms with Gasteiger partial charge in [-0.2, -0.15) is 5.26 Å². The number of carbonyl (C=O) groups excluding carboxylic acids is 1. The van der Waals surface area contributed by atoms with Crippen LogP contribution in [0.3, 0.4) is 0 Å². The zero-order valence-corrected chi connectivity index (χ0v) is 12.4. The molecule has 108 valence electrons. The van der Waals surface area contributed by atoms with Crippen molar-refractivity contribution in [3.63, 3.8) is 0 Å². The summed E-state index contributed by atoms with van der Waals surface area (Å²) in [7, 11) is 1.88. The van der Waals surface area contributed by atoms with Gasteiger partial charge in [-0.05, 0) is 30.7 Å². The zero-order chi connectivity index (χ0) is 15.7. The predicted molar refractivity (Wildman–Crippen MR) is 86.8 cm³/mol. The lowest BCUT2D eigenvalue weighted by atomic mass is 10.1. The number of nitrogens with one attached hydrogen (secondary N) is 1. The van der Waals surface area contributed by atoms with Crippen LogP contribution in [-0.4, -0.2) is 10.5 Å². The fraction of sp³-hybridized carbons (Fsp3) is 0.111. The normalized spacial score (nSPS) is 10.4. The monoisotopic (exact) mass is 289 g/mol. The molecule has 0 aliphatic heterocycles. The quantitative estimate of drug-likeness (QED) is 0.783.